The van der Waals surface area contributed by atoms with E-state index >= 15 is 0 Å². The fraction of sp³-hybridized carbons (Fsp3) is 0.750. The van der Waals surface area contributed by atoms with Crippen LogP contribution in [0.5, 0.6) is 0 Å². The van der Waals surface area contributed by atoms with E-state index in [0.717, 1.165) is 0 Å². The molecule has 0 aromatic rings. The van der Waals surface area contributed by atoms with Crippen LogP contribution in [0, 0.1) is 0 Å². The van der Waals surface area contributed by atoms with Crippen molar-refractivity contribution in [2.24, 2.45) is 0 Å². The number of carbonyl (C=O) groups excluding carboxylic acids is 2. The van der Waals surface area contributed by atoms with Crippen molar-refractivity contribution in [3.8, 4) is 0 Å². The zero-order valence-corrected chi connectivity index (χ0v) is 10.7. The van der Waals surface area contributed by atoms with E-state index in [0.29, 0.717) is 0 Å². The Morgan fingerprint density at radius 1 is 1.18 bits per heavy atom. The molecule has 2 N–H and O–H groups in total. The van der Waals surface area contributed by atoms with Crippen LogP contribution in [-0.4, -0.2) is 39.7 Å². The molecule has 1 atom stereocenters. The highest BCUT2D eigenvalue weighted by Gasteiger charge is 2.22. The Kier molecular flexibility index (Phi) is 6.51. The fourth-order valence-corrected chi connectivity index (χ4v) is 1.75. The average molecular weight is 268 g/mol. The minimum Gasteiger partial charge on any atom is -0.465 e. The molecule has 0 fully saturated rings. The molecule has 0 aliphatic rings. The van der Waals surface area contributed by atoms with Gasteiger partial charge in [-0.3, -0.25) is 4.79 Å². The molecule has 0 aromatic carbocycles. The maximum Gasteiger partial charge on any atom is 0.421 e. The van der Waals surface area contributed by atoms with E-state index in [9.17, 15) is 18.0 Å². The molecular formula is C8H16N2O6S. The molecule has 1 unspecified atom stereocenters. The van der Waals surface area contributed by atoms with Crippen LogP contribution >= 0.6 is 0 Å². The van der Waals surface area contributed by atoms with E-state index in [4.69, 9.17) is 0 Å². The number of rotatable bonds is 6. The number of carbonyl (C=O) groups is 2. The lowest BCUT2D eigenvalue weighted by atomic mass is 10.4. The van der Waals surface area contributed by atoms with E-state index in [2.05, 4.69) is 9.47 Å². The van der Waals surface area contributed by atoms with Gasteiger partial charge in [-0.1, -0.05) is 0 Å². The van der Waals surface area contributed by atoms with E-state index in [1.807, 2.05) is 4.72 Å². The Morgan fingerprint density at radius 2 is 1.71 bits per heavy atom. The van der Waals surface area contributed by atoms with Crippen LogP contribution in [0.2, 0.25) is 0 Å². The maximum atomic E-state index is 11.3. The standard InChI is InChI=1S/C8H16N2O6S/c1-4-15-7(11)6(3)9-17(13,14)10-8(12)16-5-2/h6,9H,4-5H2,1-3H3,(H,10,12). The summed E-state index contributed by atoms with van der Waals surface area (Å²) in [4.78, 5) is 22.0. The van der Waals surface area contributed by atoms with Gasteiger partial charge in [-0.25, -0.2) is 9.52 Å². The number of esters is 1. The zero-order valence-electron chi connectivity index (χ0n) is 9.85. The van der Waals surface area contributed by atoms with Gasteiger partial charge in [-0.2, -0.15) is 13.1 Å². The molecule has 0 radical (unpaired) electrons. The Balaban J connectivity index is 4.35. The smallest absolute Gasteiger partial charge is 0.421 e. The molecule has 0 heterocycles. The topological polar surface area (TPSA) is 111 Å². The second kappa shape index (κ2) is 7.07. The van der Waals surface area contributed by atoms with Gasteiger partial charge in [0.05, 0.1) is 13.2 Å². The third-order valence-corrected chi connectivity index (χ3v) is 2.56. The van der Waals surface area contributed by atoms with E-state index in [-0.39, 0.29) is 13.2 Å². The zero-order chi connectivity index (χ0) is 13.5. The van der Waals surface area contributed by atoms with Gasteiger partial charge in [0, 0.05) is 0 Å². The van der Waals surface area contributed by atoms with Gasteiger partial charge < -0.3 is 9.47 Å². The summed E-state index contributed by atoms with van der Waals surface area (Å²) < 4.78 is 35.1. The van der Waals surface area contributed by atoms with Crippen molar-refractivity contribution in [1.29, 1.82) is 0 Å². The number of hydrogen-bond donors (Lipinski definition) is 2. The van der Waals surface area contributed by atoms with Crippen molar-refractivity contribution in [3.63, 3.8) is 0 Å². The van der Waals surface area contributed by atoms with Gasteiger partial charge in [0.1, 0.15) is 6.04 Å². The second-order valence-corrected chi connectivity index (χ2v) is 4.36. The second-order valence-electron chi connectivity index (χ2n) is 2.92. The van der Waals surface area contributed by atoms with Crippen LogP contribution in [0.4, 0.5) is 4.79 Å². The number of hydrogen-bond acceptors (Lipinski definition) is 6. The first kappa shape index (κ1) is 15.7. The Hall–Kier alpha value is -1.35. The first-order chi connectivity index (χ1) is 7.82. The monoisotopic (exact) mass is 268 g/mol. The van der Waals surface area contributed by atoms with Gasteiger partial charge >= 0.3 is 22.3 Å². The lowest BCUT2D eigenvalue weighted by molar-refractivity contribution is -0.144. The molecule has 0 saturated carbocycles. The molecule has 0 rings (SSSR count). The molecule has 0 spiro atoms. The third-order valence-electron chi connectivity index (χ3n) is 1.47. The molecule has 0 aromatic heterocycles. The Bertz CT molecular complexity index is 366. The summed E-state index contributed by atoms with van der Waals surface area (Å²) in [7, 11) is -4.14. The van der Waals surface area contributed by atoms with Crippen LogP contribution < -0.4 is 9.44 Å². The molecule has 9 heteroatoms. The van der Waals surface area contributed by atoms with Crippen molar-refractivity contribution in [2.45, 2.75) is 26.8 Å². The van der Waals surface area contributed by atoms with E-state index in [1.165, 1.54) is 13.8 Å². The highest BCUT2D eigenvalue weighted by atomic mass is 32.2. The van der Waals surface area contributed by atoms with Crippen LogP contribution in [0.1, 0.15) is 20.8 Å². The van der Waals surface area contributed by atoms with Crippen LogP contribution in [-0.2, 0) is 24.5 Å². The van der Waals surface area contributed by atoms with Gasteiger partial charge in [-0.05, 0) is 20.8 Å². The lowest BCUT2D eigenvalue weighted by Gasteiger charge is -2.13. The normalized spacial score (nSPS) is 12.6. The number of amides is 1. The summed E-state index contributed by atoms with van der Waals surface area (Å²) in [6.45, 7) is 4.59. The van der Waals surface area contributed by atoms with Gasteiger partial charge in [0.2, 0.25) is 0 Å². The maximum absolute atomic E-state index is 11.3. The first-order valence-corrected chi connectivity index (χ1v) is 6.44. The molecule has 17 heavy (non-hydrogen) atoms. The Morgan fingerprint density at radius 3 is 2.18 bits per heavy atom. The average Bonchev–Trinajstić information content (AvgIpc) is 2.16. The predicted molar refractivity (Wildman–Crippen MR) is 58.3 cm³/mol. The van der Waals surface area contributed by atoms with Gasteiger partial charge in [0.15, 0.2) is 0 Å². The molecule has 0 saturated heterocycles. The highest BCUT2D eigenvalue weighted by Crippen LogP contribution is 1.91. The lowest BCUT2D eigenvalue weighted by Crippen LogP contribution is -2.47. The molecule has 0 aliphatic carbocycles. The van der Waals surface area contributed by atoms with Crippen LogP contribution in [0.25, 0.3) is 0 Å². The van der Waals surface area contributed by atoms with Crippen molar-refractivity contribution in [2.75, 3.05) is 13.2 Å². The summed E-state index contributed by atoms with van der Waals surface area (Å²) in [5.41, 5.74) is 0. The summed E-state index contributed by atoms with van der Waals surface area (Å²) in [5, 5.41) is 0. The molecule has 100 valence electrons. The van der Waals surface area contributed by atoms with E-state index < -0.39 is 28.3 Å². The number of nitrogens with one attached hydrogen (secondary N) is 2. The largest absolute Gasteiger partial charge is 0.465 e. The Labute approximate surface area is 99.8 Å². The van der Waals surface area contributed by atoms with Crippen molar-refractivity contribution in [3.05, 3.63) is 0 Å². The van der Waals surface area contributed by atoms with Gasteiger partial charge in [-0.15, -0.1) is 0 Å². The summed E-state index contributed by atoms with van der Waals surface area (Å²) in [6.07, 6.45) is -1.11. The molecule has 0 aliphatic heterocycles. The molecule has 0 bridgehead atoms. The van der Waals surface area contributed by atoms with Crippen molar-refractivity contribution in [1.82, 2.24) is 9.44 Å². The SMILES string of the molecule is CCOC(=O)NS(=O)(=O)NC(C)C(=O)OCC. The first-order valence-electron chi connectivity index (χ1n) is 4.95. The van der Waals surface area contributed by atoms with Gasteiger partial charge in [0.25, 0.3) is 0 Å². The van der Waals surface area contributed by atoms with Crippen molar-refractivity contribution < 1.29 is 27.5 Å². The summed E-state index contributed by atoms with van der Waals surface area (Å²) >= 11 is 0. The number of ether oxygens (including phenoxy) is 2. The molecule has 8 nitrogen and oxygen atoms in total. The molecular weight excluding hydrogens is 252 g/mol. The quantitative estimate of drug-likeness (QED) is 0.629. The highest BCUT2D eigenvalue weighted by molar-refractivity contribution is 7.88. The molecule has 1 amide bonds. The predicted octanol–water partition coefficient (Wildman–Crippen LogP) is -0.481. The summed E-state index contributed by atoms with van der Waals surface area (Å²) in [6, 6.07) is -1.10. The third kappa shape index (κ3) is 6.74. The minimum atomic E-state index is -4.14. The van der Waals surface area contributed by atoms with Crippen LogP contribution in [0.3, 0.4) is 0 Å². The van der Waals surface area contributed by atoms with E-state index in [1.54, 1.807) is 11.6 Å². The minimum absolute atomic E-state index is 0.0365. The van der Waals surface area contributed by atoms with Crippen molar-refractivity contribution >= 4 is 22.3 Å². The fourth-order valence-electron chi connectivity index (χ4n) is 0.848. The van der Waals surface area contributed by atoms with Crippen LogP contribution in [0.15, 0.2) is 0 Å². The summed E-state index contributed by atoms with van der Waals surface area (Å²) in [5.74, 6) is -0.735.